The summed E-state index contributed by atoms with van der Waals surface area (Å²) in [6.07, 6.45) is 2.07. The van der Waals surface area contributed by atoms with Crippen LogP contribution in [0.2, 0.25) is 0 Å². The summed E-state index contributed by atoms with van der Waals surface area (Å²) in [5.74, 6) is 1.21. The van der Waals surface area contributed by atoms with Gasteiger partial charge in [0.25, 0.3) is 0 Å². The first-order valence-electron chi connectivity index (χ1n) is 5.36. The molecule has 0 bridgehead atoms. The summed E-state index contributed by atoms with van der Waals surface area (Å²) in [5, 5.41) is 9.66. The molecule has 0 aromatic heterocycles. The fraction of sp³-hybridized carbons (Fsp3) is 0.909. The van der Waals surface area contributed by atoms with Gasteiger partial charge in [0.1, 0.15) is 0 Å². The molecule has 0 radical (unpaired) electrons. The Labute approximate surface area is 96.2 Å². The van der Waals surface area contributed by atoms with Crippen molar-refractivity contribution in [3.05, 3.63) is 0 Å². The minimum atomic E-state index is -0.815. The molecule has 1 atom stereocenters. The van der Waals surface area contributed by atoms with Crippen molar-refractivity contribution in [2.45, 2.75) is 44.0 Å². The number of thioether (sulfide) groups is 1. The molecule has 15 heavy (non-hydrogen) atoms. The average molecular weight is 231 g/mol. The maximum Gasteiger partial charge on any atom is 0.238 e. The number of nitrogens with zero attached hydrogens (tertiary/aromatic N) is 1. The molecular formula is C11H21NO2S. The van der Waals surface area contributed by atoms with Crippen LogP contribution < -0.4 is 0 Å². The molecule has 3 nitrogen and oxygen atoms in total. The van der Waals surface area contributed by atoms with Crippen LogP contribution in [0, 0.1) is 0 Å². The van der Waals surface area contributed by atoms with Crippen molar-refractivity contribution in [3.8, 4) is 0 Å². The minimum absolute atomic E-state index is 0.145. The minimum Gasteiger partial charge on any atom is -0.389 e. The Kier molecular flexibility index (Phi) is 3.71. The van der Waals surface area contributed by atoms with Crippen LogP contribution in [0.25, 0.3) is 0 Å². The van der Waals surface area contributed by atoms with E-state index < -0.39 is 5.60 Å². The van der Waals surface area contributed by atoms with Gasteiger partial charge in [0.2, 0.25) is 5.91 Å². The molecule has 1 aliphatic heterocycles. The van der Waals surface area contributed by atoms with Gasteiger partial charge in [-0.05, 0) is 39.4 Å². The van der Waals surface area contributed by atoms with Gasteiger partial charge in [-0.25, -0.2) is 0 Å². The molecule has 1 amide bonds. The summed E-state index contributed by atoms with van der Waals surface area (Å²) >= 11 is 1.73. The molecule has 0 aromatic rings. The number of aliphatic hydroxyl groups is 1. The summed E-state index contributed by atoms with van der Waals surface area (Å²) in [4.78, 5) is 13.8. The van der Waals surface area contributed by atoms with E-state index >= 15 is 0 Å². The quantitative estimate of drug-likeness (QED) is 0.800. The second-order valence-corrected chi connectivity index (χ2v) is 6.75. The molecule has 1 heterocycles. The van der Waals surface area contributed by atoms with E-state index in [1.807, 2.05) is 6.92 Å². The number of carbonyl (C=O) groups excluding carboxylic acids is 1. The van der Waals surface area contributed by atoms with Crippen LogP contribution in [0.4, 0.5) is 0 Å². The Morgan fingerprint density at radius 2 is 2.20 bits per heavy atom. The summed E-state index contributed by atoms with van der Waals surface area (Å²) in [6, 6.07) is 0. The van der Waals surface area contributed by atoms with E-state index in [1.165, 1.54) is 0 Å². The normalized spacial score (nSPS) is 26.7. The van der Waals surface area contributed by atoms with E-state index in [2.05, 4.69) is 0 Å². The molecule has 4 heteroatoms. The number of carbonyl (C=O) groups is 1. The third-order valence-corrected chi connectivity index (χ3v) is 4.15. The Morgan fingerprint density at radius 1 is 1.60 bits per heavy atom. The first kappa shape index (κ1) is 12.8. The molecule has 88 valence electrons. The van der Waals surface area contributed by atoms with Gasteiger partial charge in [-0.15, -0.1) is 11.8 Å². The first-order chi connectivity index (χ1) is 6.75. The standard InChI is InChI=1S/C11H21NO2S/c1-10(2,14)8-12(4)9(13)11(3)6-5-7-15-11/h14H,5-8H2,1-4H3. The van der Waals surface area contributed by atoms with Gasteiger partial charge in [-0.2, -0.15) is 0 Å². The number of rotatable bonds is 3. The van der Waals surface area contributed by atoms with Crippen molar-refractivity contribution in [2.24, 2.45) is 0 Å². The van der Waals surface area contributed by atoms with Crippen LogP contribution in [0.1, 0.15) is 33.6 Å². The highest BCUT2D eigenvalue weighted by atomic mass is 32.2. The van der Waals surface area contributed by atoms with Gasteiger partial charge in [0, 0.05) is 13.6 Å². The molecule has 1 aliphatic rings. The van der Waals surface area contributed by atoms with Crippen LogP contribution in [-0.2, 0) is 4.79 Å². The number of likely N-dealkylation sites (N-methyl/N-ethyl adjacent to an activating group) is 1. The van der Waals surface area contributed by atoms with Crippen molar-refractivity contribution in [3.63, 3.8) is 0 Å². The van der Waals surface area contributed by atoms with Crippen LogP contribution in [-0.4, -0.2) is 45.6 Å². The van der Waals surface area contributed by atoms with Crippen LogP contribution in [0.5, 0.6) is 0 Å². The highest BCUT2D eigenvalue weighted by Crippen LogP contribution is 2.39. The van der Waals surface area contributed by atoms with Crippen molar-refractivity contribution < 1.29 is 9.90 Å². The van der Waals surface area contributed by atoms with Gasteiger partial charge < -0.3 is 10.0 Å². The topological polar surface area (TPSA) is 40.5 Å². The van der Waals surface area contributed by atoms with Crippen molar-refractivity contribution >= 4 is 17.7 Å². The Hall–Kier alpha value is -0.220. The predicted octanol–water partition coefficient (Wildman–Crippen LogP) is 1.50. The predicted molar refractivity (Wildman–Crippen MR) is 64.0 cm³/mol. The zero-order valence-corrected chi connectivity index (χ0v) is 10.9. The van der Waals surface area contributed by atoms with E-state index in [9.17, 15) is 9.90 Å². The summed E-state index contributed by atoms with van der Waals surface area (Å²) < 4.78 is -0.264. The molecule has 0 saturated carbocycles. The lowest BCUT2D eigenvalue weighted by molar-refractivity contribution is -0.134. The van der Waals surface area contributed by atoms with E-state index in [1.54, 1.807) is 37.6 Å². The Morgan fingerprint density at radius 3 is 2.60 bits per heavy atom. The monoisotopic (exact) mass is 231 g/mol. The SMILES string of the molecule is CN(CC(C)(C)O)C(=O)C1(C)CCCS1. The lowest BCUT2D eigenvalue weighted by Gasteiger charge is -2.31. The van der Waals surface area contributed by atoms with Gasteiger partial charge in [0.15, 0.2) is 0 Å². The third kappa shape index (κ3) is 3.38. The second-order valence-electron chi connectivity index (χ2n) is 5.16. The molecular weight excluding hydrogens is 210 g/mol. The van der Waals surface area contributed by atoms with Crippen LogP contribution >= 0.6 is 11.8 Å². The lowest BCUT2D eigenvalue weighted by Crippen LogP contribution is -2.47. The molecule has 0 aromatic carbocycles. The first-order valence-corrected chi connectivity index (χ1v) is 6.35. The fourth-order valence-corrected chi connectivity index (χ4v) is 3.31. The molecule has 0 aliphatic carbocycles. The zero-order chi connectivity index (χ0) is 11.7. The van der Waals surface area contributed by atoms with E-state index in [0.29, 0.717) is 6.54 Å². The van der Waals surface area contributed by atoms with Gasteiger partial charge >= 0.3 is 0 Å². The molecule has 1 saturated heterocycles. The average Bonchev–Trinajstić information content (AvgIpc) is 2.49. The molecule has 0 spiro atoms. The Balaban J connectivity index is 2.60. The van der Waals surface area contributed by atoms with E-state index in [4.69, 9.17) is 0 Å². The number of hydrogen-bond acceptors (Lipinski definition) is 3. The molecule has 1 N–H and O–H groups in total. The summed E-state index contributed by atoms with van der Waals surface area (Å²) in [5.41, 5.74) is -0.815. The van der Waals surface area contributed by atoms with Gasteiger partial charge in [-0.3, -0.25) is 4.79 Å². The number of hydrogen-bond donors (Lipinski definition) is 1. The van der Waals surface area contributed by atoms with Gasteiger partial charge in [0.05, 0.1) is 10.3 Å². The van der Waals surface area contributed by atoms with Crippen molar-refractivity contribution in [1.29, 1.82) is 0 Å². The maximum atomic E-state index is 12.1. The highest BCUT2D eigenvalue weighted by Gasteiger charge is 2.39. The highest BCUT2D eigenvalue weighted by molar-refractivity contribution is 8.01. The molecule has 1 fully saturated rings. The van der Waals surface area contributed by atoms with Crippen LogP contribution in [0.3, 0.4) is 0 Å². The second kappa shape index (κ2) is 4.34. The smallest absolute Gasteiger partial charge is 0.238 e. The van der Waals surface area contributed by atoms with E-state index in [0.717, 1.165) is 18.6 Å². The zero-order valence-electron chi connectivity index (χ0n) is 10.0. The van der Waals surface area contributed by atoms with Crippen molar-refractivity contribution in [1.82, 2.24) is 4.90 Å². The van der Waals surface area contributed by atoms with E-state index in [-0.39, 0.29) is 10.7 Å². The maximum absolute atomic E-state index is 12.1. The largest absolute Gasteiger partial charge is 0.389 e. The summed E-state index contributed by atoms with van der Waals surface area (Å²) in [6.45, 7) is 5.84. The molecule has 1 unspecified atom stereocenters. The van der Waals surface area contributed by atoms with Crippen LogP contribution in [0.15, 0.2) is 0 Å². The third-order valence-electron chi connectivity index (χ3n) is 2.64. The molecule has 1 rings (SSSR count). The Bertz CT molecular complexity index is 241. The fourth-order valence-electron chi connectivity index (χ4n) is 2.00. The number of amides is 1. The van der Waals surface area contributed by atoms with Gasteiger partial charge in [-0.1, -0.05) is 0 Å². The summed E-state index contributed by atoms with van der Waals surface area (Å²) in [7, 11) is 1.77. The van der Waals surface area contributed by atoms with Crippen molar-refractivity contribution in [2.75, 3.05) is 19.3 Å². The lowest BCUT2D eigenvalue weighted by atomic mass is 10.0.